The molecule has 2 aromatic carbocycles. The fourth-order valence-electron chi connectivity index (χ4n) is 2.28. The number of benzene rings is 2. The smallest absolute Gasteiger partial charge is 0.416 e. The molecular formula is C16H13F3O3. The fourth-order valence-corrected chi connectivity index (χ4v) is 2.28. The summed E-state index contributed by atoms with van der Waals surface area (Å²) in [7, 11) is 0. The number of hydrogen-bond donors (Lipinski definition) is 2. The van der Waals surface area contributed by atoms with Gasteiger partial charge in [-0.15, -0.1) is 0 Å². The van der Waals surface area contributed by atoms with Crippen molar-refractivity contribution in [3.8, 4) is 5.75 Å². The minimum atomic E-state index is -4.54. The second-order valence-electron chi connectivity index (χ2n) is 4.84. The van der Waals surface area contributed by atoms with Gasteiger partial charge in [0, 0.05) is 0 Å². The SMILES string of the molecule is O=C(O)C(Cc1ccccc1C(F)(F)F)c1cccc(O)c1. The third kappa shape index (κ3) is 3.58. The first-order valence-electron chi connectivity index (χ1n) is 6.46. The van der Waals surface area contributed by atoms with Gasteiger partial charge in [0.1, 0.15) is 5.75 Å². The molecule has 0 amide bonds. The Hall–Kier alpha value is -2.50. The normalized spacial score (nSPS) is 12.9. The number of phenols is 1. The van der Waals surface area contributed by atoms with Crippen molar-refractivity contribution in [2.45, 2.75) is 18.5 Å². The van der Waals surface area contributed by atoms with E-state index in [4.69, 9.17) is 0 Å². The van der Waals surface area contributed by atoms with Crippen LogP contribution in [0.2, 0.25) is 0 Å². The van der Waals surface area contributed by atoms with Crippen molar-refractivity contribution < 1.29 is 28.2 Å². The van der Waals surface area contributed by atoms with Gasteiger partial charge in [0.2, 0.25) is 0 Å². The number of carboxylic acids is 1. The average Bonchev–Trinajstić information content (AvgIpc) is 2.43. The maximum absolute atomic E-state index is 13.0. The van der Waals surface area contributed by atoms with Crippen molar-refractivity contribution in [2.75, 3.05) is 0 Å². The summed E-state index contributed by atoms with van der Waals surface area (Å²) >= 11 is 0. The van der Waals surface area contributed by atoms with Gasteiger partial charge in [-0.25, -0.2) is 0 Å². The Balaban J connectivity index is 2.40. The molecule has 3 nitrogen and oxygen atoms in total. The molecule has 0 saturated carbocycles. The van der Waals surface area contributed by atoms with Crippen molar-refractivity contribution in [1.82, 2.24) is 0 Å². The minimum absolute atomic E-state index is 0.0919. The van der Waals surface area contributed by atoms with Gasteiger partial charge < -0.3 is 10.2 Å². The van der Waals surface area contributed by atoms with E-state index in [1.807, 2.05) is 0 Å². The largest absolute Gasteiger partial charge is 0.508 e. The summed E-state index contributed by atoms with van der Waals surface area (Å²) in [5, 5.41) is 18.7. The zero-order valence-electron chi connectivity index (χ0n) is 11.3. The highest BCUT2D eigenvalue weighted by Crippen LogP contribution is 2.34. The maximum Gasteiger partial charge on any atom is 0.416 e. The molecule has 0 aliphatic carbocycles. The molecule has 0 aromatic heterocycles. The fraction of sp³-hybridized carbons (Fsp3) is 0.188. The molecule has 22 heavy (non-hydrogen) atoms. The molecule has 0 spiro atoms. The number of aromatic hydroxyl groups is 1. The van der Waals surface area contributed by atoms with E-state index in [1.54, 1.807) is 0 Å². The Kier molecular flexibility index (Phi) is 4.40. The molecule has 1 atom stereocenters. The van der Waals surface area contributed by atoms with Crippen LogP contribution in [-0.2, 0) is 17.4 Å². The Labute approximate surface area is 124 Å². The molecule has 2 aromatic rings. The first kappa shape index (κ1) is 15.9. The van der Waals surface area contributed by atoms with E-state index in [2.05, 4.69) is 0 Å². The number of halogens is 3. The molecule has 1 unspecified atom stereocenters. The first-order valence-corrected chi connectivity index (χ1v) is 6.46. The van der Waals surface area contributed by atoms with Crippen LogP contribution >= 0.6 is 0 Å². The predicted octanol–water partition coefficient (Wildman–Crippen LogP) is 3.82. The van der Waals surface area contributed by atoms with Crippen LogP contribution in [0, 0.1) is 0 Å². The Morgan fingerprint density at radius 2 is 1.77 bits per heavy atom. The summed E-state index contributed by atoms with van der Waals surface area (Å²) < 4.78 is 38.9. The van der Waals surface area contributed by atoms with E-state index in [0.29, 0.717) is 0 Å². The van der Waals surface area contributed by atoms with E-state index in [9.17, 15) is 28.2 Å². The zero-order chi connectivity index (χ0) is 16.3. The van der Waals surface area contributed by atoms with E-state index in [1.165, 1.54) is 42.5 Å². The number of carbonyl (C=O) groups is 1. The molecule has 0 aliphatic rings. The number of alkyl halides is 3. The summed E-state index contributed by atoms with van der Waals surface area (Å²) in [5.74, 6) is -2.55. The quantitative estimate of drug-likeness (QED) is 0.902. The van der Waals surface area contributed by atoms with Crippen LogP contribution in [0.4, 0.5) is 13.2 Å². The Morgan fingerprint density at radius 1 is 1.09 bits per heavy atom. The number of hydrogen-bond acceptors (Lipinski definition) is 2. The van der Waals surface area contributed by atoms with Gasteiger partial charge in [-0.2, -0.15) is 13.2 Å². The summed E-state index contributed by atoms with van der Waals surface area (Å²) in [6.07, 6.45) is -4.85. The van der Waals surface area contributed by atoms with E-state index in [0.717, 1.165) is 6.07 Å². The maximum atomic E-state index is 13.0. The molecule has 0 bridgehead atoms. The highest BCUT2D eigenvalue weighted by molar-refractivity contribution is 5.76. The van der Waals surface area contributed by atoms with Crippen LogP contribution < -0.4 is 0 Å². The summed E-state index contributed by atoms with van der Waals surface area (Å²) in [6, 6.07) is 10.4. The lowest BCUT2D eigenvalue weighted by Crippen LogP contribution is -2.17. The molecule has 0 heterocycles. The number of aliphatic carboxylic acids is 1. The van der Waals surface area contributed by atoms with Crippen molar-refractivity contribution >= 4 is 5.97 Å². The molecular weight excluding hydrogens is 297 g/mol. The van der Waals surface area contributed by atoms with Gasteiger partial charge >= 0.3 is 12.1 Å². The van der Waals surface area contributed by atoms with Gasteiger partial charge in [0.25, 0.3) is 0 Å². The van der Waals surface area contributed by atoms with Gasteiger partial charge in [-0.3, -0.25) is 4.79 Å². The van der Waals surface area contributed by atoms with Crippen LogP contribution in [0.5, 0.6) is 5.75 Å². The van der Waals surface area contributed by atoms with Crippen molar-refractivity contribution in [1.29, 1.82) is 0 Å². The third-order valence-corrected chi connectivity index (χ3v) is 3.32. The number of phenolic OH excluding ortho intramolecular Hbond substituents is 1. The highest BCUT2D eigenvalue weighted by atomic mass is 19.4. The molecule has 0 aliphatic heterocycles. The summed E-state index contributed by atoms with van der Waals surface area (Å²) in [6.45, 7) is 0. The Bertz CT molecular complexity index is 680. The second-order valence-corrected chi connectivity index (χ2v) is 4.84. The molecule has 2 rings (SSSR count). The van der Waals surface area contributed by atoms with E-state index >= 15 is 0 Å². The van der Waals surface area contributed by atoms with Crippen LogP contribution in [-0.4, -0.2) is 16.2 Å². The number of carboxylic acid groups (broad SMARTS) is 1. The standard InChI is InChI=1S/C16H13F3O3/c17-16(18,19)14-7-2-1-4-11(14)9-13(15(21)22)10-5-3-6-12(20)8-10/h1-8,13,20H,9H2,(H,21,22). The lowest BCUT2D eigenvalue weighted by atomic mass is 9.90. The number of rotatable bonds is 4. The molecule has 2 N–H and O–H groups in total. The molecule has 0 fully saturated rings. The summed E-state index contributed by atoms with van der Waals surface area (Å²) in [4.78, 5) is 11.4. The topological polar surface area (TPSA) is 57.5 Å². The predicted molar refractivity (Wildman–Crippen MR) is 73.6 cm³/mol. The van der Waals surface area contributed by atoms with Gasteiger partial charge in [0.15, 0.2) is 0 Å². The van der Waals surface area contributed by atoms with Gasteiger partial charge in [-0.05, 0) is 35.7 Å². The molecule has 0 radical (unpaired) electrons. The lowest BCUT2D eigenvalue weighted by Gasteiger charge is -2.17. The molecule has 116 valence electrons. The van der Waals surface area contributed by atoms with E-state index in [-0.39, 0.29) is 23.3 Å². The van der Waals surface area contributed by atoms with Crippen LogP contribution in [0.25, 0.3) is 0 Å². The van der Waals surface area contributed by atoms with Gasteiger partial charge in [0.05, 0.1) is 11.5 Å². The third-order valence-electron chi connectivity index (χ3n) is 3.32. The van der Waals surface area contributed by atoms with Crippen molar-refractivity contribution in [2.24, 2.45) is 0 Å². The lowest BCUT2D eigenvalue weighted by molar-refractivity contribution is -0.141. The molecule has 6 heteroatoms. The van der Waals surface area contributed by atoms with Crippen LogP contribution in [0.3, 0.4) is 0 Å². The highest BCUT2D eigenvalue weighted by Gasteiger charge is 2.34. The van der Waals surface area contributed by atoms with Crippen molar-refractivity contribution in [3.63, 3.8) is 0 Å². The average molecular weight is 310 g/mol. The first-order chi connectivity index (χ1) is 10.3. The van der Waals surface area contributed by atoms with Crippen LogP contribution in [0.1, 0.15) is 22.6 Å². The van der Waals surface area contributed by atoms with Crippen molar-refractivity contribution in [3.05, 3.63) is 65.2 Å². The second kappa shape index (κ2) is 6.09. The molecule has 0 saturated heterocycles. The van der Waals surface area contributed by atoms with Gasteiger partial charge in [-0.1, -0.05) is 30.3 Å². The minimum Gasteiger partial charge on any atom is -0.508 e. The van der Waals surface area contributed by atoms with E-state index < -0.39 is 23.6 Å². The zero-order valence-corrected chi connectivity index (χ0v) is 11.3. The summed E-state index contributed by atoms with van der Waals surface area (Å²) in [5.41, 5.74) is -0.684. The Morgan fingerprint density at radius 3 is 2.36 bits per heavy atom. The van der Waals surface area contributed by atoms with Crippen LogP contribution in [0.15, 0.2) is 48.5 Å². The monoisotopic (exact) mass is 310 g/mol.